The minimum Gasteiger partial charge on any atom is -0.463 e. The molecule has 5 nitrogen and oxygen atoms in total. The molecule has 0 aliphatic rings. The van der Waals surface area contributed by atoms with Crippen molar-refractivity contribution in [2.45, 2.75) is 19.0 Å². The predicted molar refractivity (Wildman–Crippen MR) is 98.2 cm³/mol. The molecule has 130 valence electrons. The van der Waals surface area contributed by atoms with Crippen LogP contribution in [0.1, 0.15) is 29.9 Å². The van der Waals surface area contributed by atoms with E-state index in [2.05, 4.69) is 11.4 Å². The van der Waals surface area contributed by atoms with Crippen LogP contribution in [0.2, 0.25) is 0 Å². The van der Waals surface area contributed by atoms with Gasteiger partial charge in [-0.2, -0.15) is 5.26 Å². The Labute approximate surface area is 152 Å². The lowest BCUT2D eigenvalue weighted by Gasteiger charge is -2.18. The van der Waals surface area contributed by atoms with E-state index in [1.165, 1.54) is 0 Å². The molecule has 1 amide bonds. The first kappa shape index (κ1) is 17.5. The molecule has 0 unspecified atom stereocenters. The van der Waals surface area contributed by atoms with Gasteiger partial charge in [0.15, 0.2) is 17.8 Å². The molecule has 3 rings (SSSR count). The highest BCUT2D eigenvalue weighted by molar-refractivity contribution is 5.93. The van der Waals surface area contributed by atoms with Crippen LogP contribution in [0.15, 0.2) is 77.4 Å². The minimum absolute atomic E-state index is 0.114. The third kappa shape index (κ3) is 4.18. The van der Waals surface area contributed by atoms with Crippen molar-refractivity contribution in [2.75, 3.05) is 5.32 Å². The van der Waals surface area contributed by atoms with E-state index in [1.54, 1.807) is 30.5 Å². The zero-order valence-electron chi connectivity index (χ0n) is 14.4. The van der Waals surface area contributed by atoms with Gasteiger partial charge >= 0.3 is 0 Å². The van der Waals surface area contributed by atoms with Crippen molar-refractivity contribution in [2.24, 2.45) is 0 Å². The third-order valence-electron chi connectivity index (χ3n) is 4.16. The minimum atomic E-state index is -0.351. The van der Waals surface area contributed by atoms with E-state index in [0.29, 0.717) is 11.3 Å². The summed E-state index contributed by atoms with van der Waals surface area (Å²) in [6.45, 7) is 1.85. The summed E-state index contributed by atoms with van der Waals surface area (Å²) in [7, 11) is 0. The average molecular weight is 346 g/mol. The van der Waals surface area contributed by atoms with Crippen LogP contribution in [0.3, 0.4) is 0 Å². The molecule has 2 atom stereocenters. The lowest BCUT2D eigenvalue weighted by atomic mass is 10.0. The molecule has 1 heterocycles. The van der Waals surface area contributed by atoms with E-state index in [9.17, 15) is 4.79 Å². The first-order chi connectivity index (χ1) is 12.7. The maximum Gasteiger partial charge on any atom is 0.282 e. The second-order valence-electron chi connectivity index (χ2n) is 6.07. The number of carbonyl (C=O) groups excluding carboxylic acids is 1. The summed E-state index contributed by atoms with van der Waals surface area (Å²) in [6.07, 6.45) is 1.64. The number of nitrogens with zero attached hydrogens (tertiary/aromatic N) is 1. The van der Waals surface area contributed by atoms with Gasteiger partial charge in [0.2, 0.25) is 0 Å². The zero-order chi connectivity index (χ0) is 18.4. The van der Waals surface area contributed by atoms with Gasteiger partial charge in [-0.05, 0) is 37.3 Å². The van der Waals surface area contributed by atoms with Gasteiger partial charge in [-0.1, -0.05) is 36.4 Å². The molecular formula is C21H20N3O2+. The first-order valence-electron chi connectivity index (χ1n) is 8.41. The highest BCUT2D eigenvalue weighted by Gasteiger charge is 2.26. The van der Waals surface area contributed by atoms with Crippen molar-refractivity contribution in [3.63, 3.8) is 0 Å². The highest BCUT2D eigenvalue weighted by atomic mass is 16.3. The Balaban J connectivity index is 1.74. The number of quaternary nitrogens is 1. The zero-order valence-corrected chi connectivity index (χ0v) is 14.4. The molecule has 0 bridgehead atoms. The molecule has 0 fully saturated rings. The number of carbonyl (C=O) groups is 1. The molecule has 0 aliphatic heterocycles. The fourth-order valence-electron chi connectivity index (χ4n) is 2.80. The molecule has 0 spiro atoms. The molecule has 2 aromatic carbocycles. The molecule has 26 heavy (non-hydrogen) atoms. The van der Waals surface area contributed by atoms with Gasteiger partial charge < -0.3 is 15.1 Å². The molecule has 3 N–H and O–H groups in total. The molecule has 0 saturated carbocycles. The maximum absolute atomic E-state index is 12.6. The monoisotopic (exact) mass is 346 g/mol. The topological polar surface area (TPSA) is 82.6 Å². The van der Waals surface area contributed by atoms with Crippen LogP contribution in [0, 0.1) is 11.3 Å². The number of furan rings is 1. The SMILES string of the molecule is C[C@H]([NH2+][C@H](c1ccccc1)c1ccco1)C(=O)Nc1cccc(C#N)c1. The number of anilines is 1. The lowest BCUT2D eigenvalue weighted by Crippen LogP contribution is -2.92. The van der Waals surface area contributed by atoms with Crippen molar-refractivity contribution in [3.05, 3.63) is 89.9 Å². The Bertz CT molecular complexity index is 899. The van der Waals surface area contributed by atoms with E-state index in [1.807, 2.05) is 54.7 Å². The van der Waals surface area contributed by atoms with Crippen molar-refractivity contribution in [1.29, 1.82) is 5.26 Å². The van der Waals surface area contributed by atoms with Crippen LogP contribution in [0.25, 0.3) is 0 Å². The number of amides is 1. The molecular weight excluding hydrogens is 326 g/mol. The number of hydrogen-bond donors (Lipinski definition) is 2. The Morgan fingerprint density at radius 3 is 2.62 bits per heavy atom. The van der Waals surface area contributed by atoms with Gasteiger partial charge in [-0.3, -0.25) is 4.79 Å². The largest absolute Gasteiger partial charge is 0.463 e. The number of nitrogens with two attached hydrogens (primary N) is 1. The van der Waals surface area contributed by atoms with Crippen LogP contribution in [-0.2, 0) is 4.79 Å². The van der Waals surface area contributed by atoms with Gasteiger partial charge in [0.1, 0.15) is 0 Å². The molecule has 0 aliphatic carbocycles. The van der Waals surface area contributed by atoms with Crippen molar-refractivity contribution in [3.8, 4) is 6.07 Å². The van der Waals surface area contributed by atoms with Crippen molar-refractivity contribution < 1.29 is 14.5 Å². The van der Waals surface area contributed by atoms with E-state index in [0.717, 1.165) is 11.3 Å². The molecule has 0 saturated heterocycles. The molecule has 5 heteroatoms. The summed E-state index contributed by atoms with van der Waals surface area (Å²) in [5.74, 6) is 0.662. The Morgan fingerprint density at radius 2 is 1.92 bits per heavy atom. The Morgan fingerprint density at radius 1 is 1.12 bits per heavy atom. The number of nitriles is 1. The third-order valence-corrected chi connectivity index (χ3v) is 4.16. The maximum atomic E-state index is 12.6. The molecule has 3 aromatic rings. The van der Waals surface area contributed by atoms with Gasteiger partial charge in [0.25, 0.3) is 5.91 Å². The Hall–Kier alpha value is -3.36. The summed E-state index contributed by atoms with van der Waals surface area (Å²) in [4.78, 5) is 12.6. The fourth-order valence-corrected chi connectivity index (χ4v) is 2.80. The summed E-state index contributed by atoms with van der Waals surface area (Å²) < 4.78 is 5.58. The second-order valence-corrected chi connectivity index (χ2v) is 6.07. The molecule has 0 radical (unpaired) electrons. The van der Waals surface area contributed by atoms with Gasteiger partial charge in [0.05, 0.1) is 17.9 Å². The van der Waals surface area contributed by atoms with E-state index < -0.39 is 0 Å². The van der Waals surface area contributed by atoms with Gasteiger partial charge in [0, 0.05) is 11.3 Å². The quantitative estimate of drug-likeness (QED) is 0.720. The van der Waals surface area contributed by atoms with Gasteiger partial charge in [-0.15, -0.1) is 0 Å². The smallest absolute Gasteiger partial charge is 0.282 e. The van der Waals surface area contributed by atoms with E-state index in [4.69, 9.17) is 9.68 Å². The number of benzene rings is 2. The summed E-state index contributed by atoms with van der Waals surface area (Å²) >= 11 is 0. The number of hydrogen-bond acceptors (Lipinski definition) is 3. The summed E-state index contributed by atoms with van der Waals surface area (Å²) in [5.41, 5.74) is 2.19. The van der Waals surface area contributed by atoms with E-state index >= 15 is 0 Å². The number of nitrogens with one attached hydrogen (secondary N) is 1. The van der Waals surface area contributed by atoms with Crippen molar-refractivity contribution in [1.82, 2.24) is 0 Å². The fraction of sp³-hybridized carbons (Fsp3) is 0.143. The van der Waals surface area contributed by atoms with Crippen molar-refractivity contribution >= 4 is 11.6 Å². The molecule has 1 aromatic heterocycles. The summed E-state index contributed by atoms with van der Waals surface area (Å²) in [5, 5.41) is 13.8. The van der Waals surface area contributed by atoms with Crippen LogP contribution in [0.4, 0.5) is 5.69 Å². The van der Waals surface area contributed by atoms with Crippen LogP contribution in [-0.4, -0.2) is 11.9 Å². The lowest BCUT2D eigenvalue weighted by molar-refractivity contribution is -0.706. The normalized spacial score (nSPS) is 12.8. The standard InChI is InChI=1S/C21H19N3O2/c1-15(21(25)24-18-10-5-7-16(13-18)14-22)23-20(19-11-6-12-26-19)17-8-3-2-4-9-17/h2-13,15,20,23H,1H3,(H,24,25)/p+1/t15-,20+/m0/s1. The van der Waals surface area contributed by atoms with Gasteiger partial charge in [-0.25, -0.2) is 0 Å². The predicted octanol–water partition coefficient (Wildman–Crippen LogP) is 2.83. The van der Waals surface area contributed by atoms with Crippen LogP contribution in [0.5, 0.6) is 0 Å². The number of rotatable bonds is 6. The van der Waals surface area contributed by atoms with Crippen LogP contribution >= 0.6 is 0 Å². The Kier molecular flexibility index (Phi) is 5.47. The summed E-state index contributed by atoms with van der Waals surface area (Å²) in [6, 6.07) is 22.2. The van der Waals surface area contributed by atoms with E-state index in [-0.39, 0.29) is 18.0 Å². The first-order valence-corrected chi connectivity index (χ1v) is 8.41. The second kappa shape index (κ2) is 8.15. The highest BCUT2D eigenvalue weighted by Crippen LogP contribution is 2.19. The average Bonchev–Trinajstić information content (AvgIpc) is 3.21. The van der Waals surface area contributed by atoms with Crippen LogP contribution < -0.4 is 10.6 Å².